The van der Waals surface area contributed by atoms with E-state index in [2.05, 4.69) is 96.0 Å². The van der Waals surface area contributed by atoms with Crippen molar-refractivity contribution in [1.82, 2.24) is 0 Å². The van der Waals surface area contributed by atoms with Gasteiger partial charge in [0.15, 0.2) is 0 Å². The van der Waals surface area contributed by atoms with Gasteiger partial charge in [0.05, 0.1) is 0 Å². The second kappa shape index (κ2) is 9.15. The second-order valence-electron chi connectivity index (χ2n) is 4.84. The van der Waals surface area contributed by atoms with Crippen LogP contribution in [0.2, 0.25) is 0 Å². The number of halogens is 2. The van der Waals surface area contributed by atoms with Gasteiger partial charge in [-0.05, 0) is 39.1 Å². The minimum absolute atomic E-state index is 0.889. The molecule has 24 heavy (non-hydrogen) atoms. The average Bonchev–Trinajstić information content (AvgIpc) is 2.63. The van der Waals surface area contributed by atoms with Crippen LogP contribution in [0.25, 0.3) is 0 Å². The Morgan fingerprint density at radius 3 is 1.04 bits per heavy atom. The second-order valence-corrected chi connectivity index (χ2v) is 10.1. The first-order chi connectivity index (χ1) is 11.5. The molecule has 0 heterocycles. The summed E-state index contributed by atoms with van der Waals surface area (Å²) < 4.78 is -0.889. The molecule has 1 nitrogen and oxygen atoms in total. The minimum atomic E-state index is -1.94. The summed E-state index contributed by atoms with van der Waals surface area (Å²) in [5.74, 6) is 0. The Bertz CT molecular complexity index is 716. The molecule has 0 N–H and O–H groups in total. The van der Waals surface area contributed by atoms with Crippen LogP contribution >= 0.6 is 29.2 Å². The predicted molar refractivity (Wildman–Crippen MR) is 110 cm³/mol. The van der Waals surface area contributed by atoms with Crippen molar-refractivity contribution in [3.8, 4) is 0 Å². The van der Waals surface area contributed by atoms with Crippen LogP contribution in [0.3, 0.4) is 0 Å². The monoisotopic (exact) mass is 392 g/mol. The van der Waals surface area contributed by atoms with E-state index < -0.39 is 10.7 Å². The van der Waals surface area contributed by atoms with Gasteiger partial charge < -0.3 is 0 Å². The topological polar surface area (TPSA) is 17.1 Å². The molecule has 3 aromatic rings. The normalized spacial score (nSPS) is 10.4. The Balaban J connectivity index is 0.000000471. The van der Waals surface area contributed by atoms with Crippen LogP contribution in [0.15, 0.2) is 91.0 Å². The van der Waals surface area contributed by atoms with Crippen molar-refractivity contribution >= 4 is 61.7 Å². The lowest BCUT2D eigenvalue weighted by molar-refractivity contribution is 0.275. The molecule has 122 valence electrons. The van der Waals surface area contributed by atoms with Crippen LogP contribution in [0.1, 0.15) is 0 Å². The molecule has 0 unspecified atom stereocenters. The Hall–Kier alpha value is -1.44. The Labute approximate surface area is 157 Å². The third-order valence-electron chi connectivity index (χ3n) is 3.36. The fourth-order valence-corrected chi connectivity index (χ4v) is 6.13. The highest BCUT2D eigenvalue weighted by Crippen LogP contribution is 2.42. The van der Waals surface area contributed by atoms with Gasteiger partial charge in [-0.25, -0.2) is 0 Å². The smallest absolute Gasteiger partial charge is 0.262 e. The van der Waals surface area contributed by atoms with Gasteiger partial charge in [0.25, 0.3) is 0 Å². The number of hydrogen-bond acceptors (Lipinski definition) is 2. The minimum Gasteiger partial charge on any atom is -0.262 e. The van der Waals surface area contributed by atoms with Crippen molar-refractivity contribution in [1.29, 1.82) is 0 Å². The fraction of sp³-hybridized carbons (Fsp3) is 0. The highest BCUT2D eigenvalue weighted by molar-refractivity contribution is 8.25. The van der Waals surface area contributed by atoms with Crippen molar-refractivity contribution in [2.45, 2.75) is 0 Å². The quantitative estimate of drug-likeness (QED) is 0.459. The van der Waals surface area contributed by atoms with E-state index in [0.29, 0.717) is 0 Å². The molecular weight excluding hydrogens is 378 g/mol. The van der Waals surface area contributed by atoms with Crippen molar-refractivity contribution in [2.24, 2.45) is 0 Å². The summed E-state index contributed by atoms with van der Waals surface area (Å²) in [6.07, 6.45) is 0. The summed E-state index contributed by atoms with van der Waals surface area (Å²) in [5, 5.41) is 3.73. The van der Waals surface area contributed by atoms with Crippen molar-refractivity contribution in [2.75, 3.05) is 0 Å². The molecule has 3 rings (SSSR count). The molecule has 0 saturated carbocycles. The van der Waals surface area contributed by atoms with Crippen molar-refractivity contribution in [3.63, 3.8) is 0 Å². The van der Waals surface area contributed by atoms with Crippen LogP contribution in [0.5, 0.6) is 0 Å². The van der Waals surface area contributed by atoms with E-state index in [-0.39, 0.29) is 0 Å². The van der Waals surface area contributed by atoms with Gasteiger partial charge in [0.2, 0.25) is 0 Å². The molecule has 0 saturated heterocycles. The molecule has 0 spiro atoms. The summed E-state index contributed by atoms with van der Waals surface area (Å²) in [4.78, 5) is 8.98. The van der Waals surface area contributed by atoms with E-state index >= 15 is 0 Å². The van der Waals surface area contributed by atoms with Gasteiger partial charge in [-0.15, -0.1) is 0 Å². The van der Waals surface area contributed by atoms with Crippen LogP contribution in [-0.2, 0) is 11.8 Å². The number of carbonyl (C=O) groups excluding carboxylic acids is 1. The van der Waals surface area contributed by atoms with Crippen LogP contribution in [0.4, 0.5) is 4.79 Å². The van der Waals surface area contributed by atoms with E-state index in [1.165, 1.54) is 15.9 Å². The molecule has 0 atom stereocenters. The third kappa shape index (κ3) is 4.78. The lowest BCUT2D eigenvalue weighted by atomic mass is 10.4. The molecule has 0 fully saturated rings. The maximum atomic E-state index is 8.98. The first-order valence-corrected chi connectivity index (χ1v) is 10.7. The van der Waals surface area contributed by atoms with Gasteiger partial charge in [-0.1, -0.05) is 103 Å². The molecule has 0 radical (unpaired) electrons. The molecule has 0 amide bonds. The predicted octanol–water partition coefficient (Wildman–Crippen LogP) is 5.03. The SMILES string of the molecule is O=C(Cl)Cl.S=P(c1ccccc1)(c1ccccc1)c1ccccc1. The van der Waals surface area contributed by atoms with Gasteiger partial charge in [0.1, 0.15) is 0 Å². The van der Waals surface area contributed by atoms with Crippen LogP contribution in [-0.4, -0.2) is 4.70 Å². The Kier molecular flexibility index (Phi) is 7.20. The van der Waals surface area contributed by atoms with Crippen LogP contribution < -0.4 is 15.9 Å². The Morgan fingerprint density at radius 1 is 0.625 bits per heavy atom. The first-order valence-electron chi connectivity index (χ1n) is 7.17. The summed E-state index contributed by atoms with van der Waals surface area (Å²) >= 11 is 15.0. The maximum absolute atomic E-state index is 8.98. The van der Waals surface area contributed by atoms with Crippen molar-refractivity contribution < 1.29 is 4.79 Å². The molecule has 0 aliphatic carbocycles. The van der Waals surface area contributed by atoms with E-state index in [0.717, 1.165) is 0 Å². The lowest BCUT2D eigenvalue weighted by Crippen LogP contribution is -2.24. The number of carbonyl (C=O) groups is 1. The average molecular weight is 393 g/mol. The largest absolute Gasteiger partial charge is 0.313 e. The van der Waals surface area contributed by atoms with Gasteiger partial charge in [0, 0.05) is 6.04 Å². The zero-order valence-corrected chi connectivity index (χ0v) is 15.9. The lowest BCUT2D eigenvalue weighted by Gasteiger charge is -2.23. The summed E-state index contributed by atoms with van der Waals surface area (Å²) in [6.45, 7) is 0. The highest BCUT2D eigenvalue weighted by atomic mass is 35.5. The zero-order valence-electron chi connectivity index (χ0n) is 12.7. The van der Waals surface area contributed by atoms with Gasteiger partial charge in [-0.2, -0.15) is 0 Å². The molecule has 0 bridgehead atoms. The van der Waals surface area contributed by atoms with Crippen LogP contribution in [0, 0.1) is 0 Å². The molecule has 0 aliphatic heterocycles. The summed E-state index contributed by atoms with van der Waals surface area (Å²) in [5.41, 5.74) is 0. The molecular formula is C19H15Cl2OPS. The van der Waals surface area contributed by atoms with E-state index in [4.69, 9.17) is 16.6 Å². The van der Waals surface area contributed by atoms with Gasteiger partial charge in [-0.3, -0.25) is 4.79 Å². The first kappa shape index (κ1) is 18.9. The molecule has 5 heteroatoms. The standard InChI is InChI=1S/C18H15PS.CCl2O/c20-19(16-10-4-1-5-11-16,17-12-6-2-7-13-17)18-14-8-3-9-15-18;2-1(3)4/h1-15H;. The zero-order chi connectivity index (χ0) is 17.4. The molecule has 3 aromatic carbocycles. The number of hydrogen-bond donors (Lipinski definition) is 0. The number of benzene rings is 3. The molecule has 0 aromatic heterocycles. The fourth-order valence-electron chi connectivity index (χ4n) is 2.36. The third-order valence-corrected chi connectivity index (χ3v) is 8.33. The summed E-state index contributed by atoms with van der Waals surface area (Å²) in [7, 11) is 0. The van der Waals surface area contributed by atoms with E-state index in [1.54, 1.807) is 0 Å². The van der Waals surface area contributed by atoms with E-state index in [1.807, 2.05) is 18.2 Å². The van der Waals surface area contributed by atoms with Crippen molar-refractivity contribution in [3.05, 3.63) is 91.0 Å². The maximum Gasteiger partial charge on any atom is 0.313 e. The number of rotatable bonds is 3. The highest BCUT2D eigenvalue weighted by Gasteiger charge is 2.23. The van der Waals surface area contributed by atoms with Gasteiger partial charge >= 0.3 is 4.70 Å². The molecule has 0 aliphatic rings. The summed E-state index contributed by atoms with van der Waals surface area (Å²) in [6, 6.07) is 29.5. The Morgan fingerprint density at radius 2 is 0.833 bits per heavy atom. The van der Waals surface area contributed by atoms with E-state index in [9.17, 15) is 0 Å².